The van der Waals surface area contributed by atoms with Gasteiger partial charge in [0.15, 0.2) is 0 Å². The molecule has 2 amide bonds. The van der Waals surface area contributed by atoms with Crippen molar-refractivity contribution in [1.29, 1.82) is 0 Å². The van der Waals surface area contributed by atoms with Crippen LogP contribution < -0.4 is 9.62 Å². The average molecular weight is 620 g/mol. The molecule has 0 spiro atoms. The quantitative estimate of drug-likeness (QED) is 0.351. The van der Waals surface area contributed by atoms with Gasteiger partial charge >= 0.3 is 0 Å². The number of carbonyl (C=O) groups is 2. The first-order chi connectivity index (χ1) is 17.1. The Kier molecular flexibility index (Phi) is 9.49. The van der Waals surface area contributed by atoms with E-state index in [1.54, 1.807) is 24.3 Å². The summed E-state index contributed by atoms with van der Waals surface area (Å²) in [5, 5.41) is 2.67. The van der Waals surface area contributed by atoms with Crippen molar-refractivity contribution in [3.63, 3.8) is 0 Å². The van der Waals surface area contributed by atoms with E-state index in [1.165, 1.54) is 11.9 Å². The van der Waals surface area contributed by atoms with Crippen LogP contribution in [0.15, 0.2) is 78.9 Å². The minimum absolute atomic E-state index is 0.161. The van der Waals surface area contributed by atoms with Gasteiger partial charge in [0.25, 0.3) is 0 Å². The number of nitrogens with one attached hydrogen (secondary N) is 1. The van der Waals surface area contributed by atoms with Gasteiger partial charge in [0, 0.05) is 23.6 Å². The highest BCUT2D eigenvalue weighted by Gasteiger charge is 2.32. The van der Waals surface area contributed by atoms with E-state index in [2.05, 4.69) is 27.9 Å². The van der Waals surface area contributed by atoms with Crippen molar-refractivity contribution < 1.29 is 18.0 Å². The predicted molar refractivity (Wildman–Crippen MR) is 151 cm³/mol. The first kappa shape index (κ1) is 27.7. The first-order valence-electron chi connectivity index (χ1n) is 11.4. The molecule has 1 N–H and O–H groups in total. The molecule has 0 saturated carbocycles. The fourth-order valence-corrected chi connectivity index (χ4v) is 5.04. The predicted octanol–water partition coefficient (Wildman–Crippen LogP) is 3.75. The summed E-state index contributed by atoms with van der Waals surface area (Å²) in [6.45, 7) is 1.71. The second kappa shape index (κ2) is 12.4. The topological polar surface area (TPSA) is 86.8 Å². The molecule has 0 aromatic heterocycles. The van der Waals surface area contributed by atoms with Crippen LogP contribution in [-0.4, -0.2) is 51.0 Å². The molecule has 1 atom stereocenters. The summed E-state index contributed by atoms with van der Waals surface area (Å²) in [7, 11) is -2.23. The Bertz CT molecular complexity index is 1280. The normalized spacial score (nSPS) is 12.0. The largest absolute Gasteiger partial charge is 0.357 e. The molecule has 9 heteroatoms. The SMILES string of the molecule is CNC(=O)[C@H](Cc1ccccc1)N(Cc1ccc(C)cc1)C(=O)CN(c1ccc(I)cc1)S(C)(=O)=O. The maximum Gasteiger partial charge on any atom is 0.244 e. The molecule has 0 aliphatic rings. The van der Waals surface area contributed by atoms with E-state index < -0.39 is 28.5 Å². The fraction of sp³-hybridized carbons (Fsp3) is 0.259. The van der Waals surface area contributed by atoms with Crippen molar-refractivity contribution in [2.45, 2.75) is 25.9 Å². The molecule has 0 aliphatic heterocycles. The lowest BCUT2D eigenvalue weighted by Crippen LogP contribution is -2.52. The molecule has 7 nitrogen and oxygen atoms in total. The highest BCUT2D eigenvalue weighted by molar-refractivity contribution is 14.1. The molecule has 0 heterocycles. The van der Waals surface area contributed by atoms with Crippen LogP contribution in [0.25, 0.3) is 0 Å². The van der Waals surface area contributed by atoms with Crippen molar-refractivity contribution in [3.8, 4) is 0 Å². The number of halogens is 1. The van der Waals surface area contributed by atoms with Crippen LogP contribution >= 0.6 is 22.6 Å². The van der Waals surface area contributed by atoms with Gasteiger partial charge in [0.1, 0.15) is 12.6 Å². The highest BCUT2D eigenvalue weighted by Crippen LogP contribution is 2.21. The van der Waals surface area contributed by atoms with Crippen LogP contribution in [0.5, 0.6) is 0 Å². The molecule has 0 unspecified atom stereocenters. The van der Waals surface area contributed by atoms with Crippen molar-refractivity contribution in [1.82, 2.24) is 10.2 Å². The van der Waals surface area contributed by atoms with Crippen molar-refractivity contribution in [2.75, 3.05) is 24.2 Å². The van der Waals surface area contributed by atoms with E-state index in [0.717, 1.165) is 30.8 Å². The van der Waals surface area contributed by atoms with Crippen molar-refractivity contribution in [3.05, 3.63) is 99.1 Å². The minimum Gasteiger partial charge on any atom is -0.357 e. The summed E-state index contributed by atoms with van der Waals surface area (Å²) in [5.74, 6) is -0.788. The molecular formula is C27H30IN3O4S. The van der Waals surface area contributed by atoms with Gasteiger partial charge in [0.05, 0.1) is 11.9 Å². The Morgan fingerprint density at radius 2 is 1.53 bits per heavy atom. The number of benzene rings is 3. The Hall–Kier alpha value is -2.92. The third-order valence-electron chi connectivity index (χ3n) is 5.78. The standard InChI is InChI=1S/C27H30IN3O4S/c1-20-9-11-22(12-10-20)18-30(25(27(33)29-2)17-21-7-5-4-6-8-21)26(32)19-31(36(3,34)35)24-15-13-23(28)14-16-24/h4-16,25H,17-19H2,1-3H3,(H,29,33)/t25-/m0/s1. The smallest absolute Gasteiger partial charge is 0.244 e. The third-order valence-corrected chi connectivity index (χ3v) is 7.64. The Morgan fingerprint density at radius 1 is 0.917 bits per heavy atom. The van der Waals surface area contributed by atoms with E-state index in [9.17, 15) is 18.0 Å². The van der Waals surface area contributed by atoms with Gasteiger partial charge in [-0.25, -0.2) is 8.42 Å². The molecule has 0 saturated heterocycles. The zero-order valence-electron chi connectivity index (χ0n) is 20.5. The molecule has 36 heavy (non-hydrogen) atoms. The fourth-order valence-electron chi connectivity index (χ4n) is 3.83. The average Bonchev–Trinajstić information content (AvgIpc) is 2.86. The van der Waals surface area contributed by atoms with Gasteiger partial charge in [-0.05, 0) is 64.9 Å². The molecule has 3 aromatic carbocycles. The molecule has 0 aliphatic carbocycles. The maximum absolute atomic E-state index is 13.8. The Balaban J connectivity index is 2.00. The summed E-state index contributed by atoms with van der Waals surface area (Å²) >= 11 is 2.13. The van der Waals surface area contributed by atoms with Crippen LogP contribution in [0.3, 0.4) is 0 Å². The molecular weight excluding hydrogens is 589 g/mol. The van der Waals surface area contributed by atoms with Gasteiger partial charge in [0.2, 0.25) is 21.8 Å². The van der Waals surface area contributed by atoms with Gasteiger partial charge in [-0.2, -0.15) is 0 Å². The first-order valence-corrected chi connectivity index (χ1v) is 14.3. The number of nitrogens with zero attached hydrogens (tertiary/aromatic N) is 2. The van der Waals surface area contributed by atoms with Crippen LogP contribution in [-0.2, 0) is 32.6 Å². The van der Waals surface area contributed by atoms with E-state index in [1.807, 2.05) is 61.5 Å². The van der Waals surface area contributed by atoms with Gasteiger partial charge < -0.3 is 10.2 Å². The number of carbonyl (C=O) groups excluding carboxylic acids is 2. The Labute approximate surface area is 226 Å². The van der Waals surface area contributed by atoms with Crippen LogP contribution in [0.1, 0.15) is 16.7 Å². The number of likely N-dealkylation sites (N-methyl/N-ethyl adjacent to an activating group) is 1. The highest BCUT2D eigenvalue weighted by atomic mass is 127. The molecule has 0 bridgehead atoms. The van der Waals surface area contributed by atoms with Crippen LogP contribution in [0.4, 0.5) is 5.69 Å². The molecule has 0 fully saturated rings. The number of aryl methyl sites for hydroxylation is 1. The third kappa shape index (κ3) is 7.54. The minimum atomic E-state index is -3.77. The number of hydrogen-bond donors (Lipinski definition) is 1. The number of sulfonamides is 1. The monoisotopic (exact) mass is 619 g/mol. The maximum atomic E-state index is 13.8. The Morgan fingerprint density at radius 3 is 2.08 bits per heavy atom. The number of amides is 2. The van der Waals surface area contributed by atoms with E-state index in [4.69, 9.17) is 0 Å². The van der Waals surface area contributed by atoms with Gasteiger partial charge in [-0.3, -0.25) is 13.9 Å². The number of hydrogen-bond acceptors (Lipinski definition) is 4. The van der Waals surface area contributed by atoms with Crippen LogP contribution in [0, 0.1) is 10.5 Å². The summed E-state index contributed by atoms with van der Waals surface area (Å²) in [6.07, 6.45) is 1.36. The zero-order valence-corrected chi connectivity index (χ0v) is 23.5. The van der Waals surface area contributed by atoms with Gasteiger partial charge in [-0.15, -0.1) is 0 Å². The summed E-state index contributed by atoms with van der Waals surface area (Å²) in [5.41, 5.74) is 3.20. The van der Waals surface area contributed by atoms with Crippen LogP contribution in [0.2, 0.25) is 0 Å². The number of anilines is 1. The van der Waals surface area contributed by atoms with E-state index >= 15 is 0 Å². The molecule has 190 valence electrons. The molecule has 3 aromatic rings. The van der Waals surface area contributed by atoms with Crippen molar-refractivity contribution >= 4 is 50.1 Å². The molecule has 0 radical (unpaired) electrons. The summed E-state index contributed by atoms with van der Waals surface area (Å²) < 4.78 is 27.4. The summed E-state index contributed by atoms with van der Waals surface area (Å²) in [6, 6.07) is 23.2. The van der Waals surface area contributed by atoms with E-state index in [-0.39, 0.29) is 12.5 Å². The van der Waals surface area contributed by atoms with E-state index in [0.29, 0.717) is 12.1 Å². The molecule has 3 rings (SSSR count). The van der Waals surface area contributed by atoms with Crippen molar-refractivity contribution in [2.24, 2.45) is 0 Å². The second-order valence-electron chi connectivity index (χ2n) is 8.57. The van der Waals surface area contributed by atoms with Gasteiger partial charge in [-0.1, -0.05) is 60.2 Å². The lowest BCUT2D eigenvalue weighted by Gasteiger charge is -2.33. The lowest BCUT2D eigenvalue weighted by molar-refractivity contribution is -0.139. The lowest BCUT2D eigenvalue weighted by atomic mass is 10.0. The summed E-state index contributed by atoms with van der Waals surface area (Å²) in [4.78, 5) is 28.3. The second-order valence-corrected chi connectivity index (χ2v) is 11.7. The zero-order chi connectivity index (χ0) is 26.3. The number of rotatable bonds is 10.